The minimum atomic E-state index is -0.0736. The maximum Gasteiger partial charge on any atom is 0.168 e. The minimum Gasteiger partial charge on any atom is -0.490 e. The van der Waals surface area contributed by atoms with E-state index >= 15 is 0 Å². The highest BCUT2D eigenvalue weighted by atomic mass is 16.5. The van der Waals surface area contributed by atoms with Gasteiger partial charge in [0.2, 0.25) is 0 Å². The zero-order valence-electron chi connectivity index (χ0n) is 9.62. The number of rotatable bonds is 5. The van der Waals surface area contributed by atoms with Gasteiger partial charge in [0.15, 0.2) is 11.5 Å². The lowest BCUT2D eigenvalue weighted by Crippen LogP contribution is -2.02. The van der Waals surface area contributed by atoms with E-state index < -0.39 is 0 Å². The standard InChI is InChI=1S/C13H16O3/c1-3-5-9-16-13-11(10-14)7-6-8-12(13)15-4-2/h6-8,14H,4,9-10H2,1-2H3. The van der Waals surface area contributed by atoms with Crippen LogP contribution in [0.25, 0.3) is 0 Å². The van der Waals surface area contributed by atoms with Crippen molar-refractivity contribution in [2.45, 2.75) is 20.5 Å². The highest BCUT2D eigenvalue weighted by molar-refractivity contribution is 5.46. The highest BCUT2D eigenvalue weighted by Crippen LogP contribution is 2.31. The van der Waals surface area contributed by atoms with E-state index in [2.05, 4.69) is 11.8 Å². The maximum absolute atomic E-state index is 9.20. The molecule has 0 aliphatic heterocycles. The van der Waals surface area contributed by atoms with Crippen molar-refractivity contribution in [1.82, 2.24) is 0 Å². The van der Waals surface area contributed by atoms with Crippen molar-refractivity contribution < 1.29 is 14.6 Å². The molecule has 0 aromatic heterocycles. The summed E-state index contributed by atoms with van der Waals surface area (Å²) in [5.74, 6) is 6.78. The van der Waals surface area contributed by atoms with E-state index in [1.807, 2.05) is 19.1 Å². The summed E-state index contributed by atoms with van der Waals surface area (Å²) < 4.78 is 10.9. The fraction of sp³-hybridized carbons (Fsp3) is 0.385. The van der Waals surface area contributed by atoms with E-state index in [0.29, 0.717) is 30.3 Å². The van der Waals surface area contributed by atoms with Crippen molar-refractivity contribution in [3.8, 4) is 23.3 Å². The molecule has 3 heteroatoms. The molecule has 0 unspecified atom stereocenters. The fourth-order valence-electron chi connectivity index (χ4n) is 1.30. The van der Waals surface area contributed by atoms with Crippen molar-refractivity contribution in [3.63, 3.8) is 0 Å². The summed E-state index contributed by atoms with van der Waals surface area (Å²) in [5, 5.41) is 9.20. The first-order valence-electron chi connectivity index (χ1n) is 5.21. The average molecular weight is 220 g/mol. The van der Waals surface area contributed by atoms with Crippen molar-refractivity contribution in [2.75, 3.05) is 13.2 Å². The predicted octanol–water partition coefficient (Wildman–Crippen LogP) is 1.98. The molecule has 0 amide bonds. The van der Waals surface area contributed by atoms with Crippen molar-refractivity contribution in [2.24, 2.45) is 0 Å². The molecule has 0 aliphatic carbocycles. The second-order valence-corrected chi connectivity index (χ2v) is 3.05. The molecule has 1 aromatic rings. The first kappa shape index (κ1) is 12.4. The Hall–Kier alpha value is -1.66. The van der Waals surface area contributed by atoms with Gasteiger partial charge in [0.1, 0.15) is 6.61 Å². The molecular formula is C13H16O3. The third-order valence-electron chi connectivity index (χ3n) is 2.00. The van der Waals surface area contributed by atoms with Gasteiger partial charge in [0.25, 0.3) is 0 Å². The first-order valence-corrected chi connectivity index (χ1v) is 5.21. The number of hydrogen-bond donors (Lipinski definition) is 1. The quantitative estimate of drug-likeness (QED) is 0.771. The van der Waals surface area contributed by atoms with E-state index in [1.165, 1.54) is 0 Å². The number of para-hydroxylation sites is 1. The van der Waals surface area contributed by atoms with Crippen molar-refractivity contribution in [1.29, 1.82) is 0 Å². The molecule has 0 spiro atoms. The smallest absolute Gasteiger partial charge is 0.168 e. The van der Waals surface area contributed by atoms with Crippen LogP contribution in [0.15, 0.2) is 18.2 Å². The number of benzene rings is 1. The molecule has 0 saturated heterocycles. The Kier molecular flexibility index (Phi) is 5.24. The van der Waals surface area contributed by atoms with Gasteiger partial charge < -0.3 is 14.6 Å². The summed E-state index contributed by atoms with van der Waals surface area (Å²) in [5.41, 5.74) is 0.712. The lowest BCUT2D eigenvalue weighted by molar-refractivity contribution is 0.260. The van der Waals surface area contributed by atoms with E-state index in [4.69, 9.17) is 9.47 Å². The molecular weight excluding hydrogens is 204 g/mol. The van der Waals surface area contributed by atoms with E-state index in [0.717, 1.165) is 0 Å². The summed E-state index contributed by atoms with van der Waals surface area (Å²) in [4.78, 5) is 0. The summed E-state index contributed by atoms with van der Waals surface area (Å²) in [6.45, 7) is 4.44. The monoisotopic (exact) mass is 220 g/mol. The van der Waals surface area contributed by atoms with Crippen molar-refractivity contribution >= 4 is 0 Å². The fourth-order valence-corrected chi connectivity index (χ4v) is 1.30. The Morgan fingerprint density at radius 1 is 1.31 bits per heavy atom. The Morgan fingerprint density at radius 3 is 2.75 bits per heavy atom. The van der Waals surface area contributed by atoms with Crippen LogP contribution < -0.4 is 9.47 Å². The third kappa shape index (κ3) is 3.18. The number of aliphatic hydroxyl groups is 1. The molecule has 86 valence electrons. The molecule has 16 heavy (non-hydrogen) atoms. The van der Waals surface area contributed by atoms with E-state index in [1.54, 1.807) is 13.0 Å². The number of hydrogen-bond acceptors (Lipinski definition) is 3. The second-order valence-electron chi connectivity index (χ2n) is 3.05. The summed E-state index contributed by atoms with van der Waals surface area (Å²) >= 11 is 0. The van der Waals surface area contributed by atoms with Crippen LogP contribution in [0.2, 0.25) is 0 Å². The van der Waals surface area contributed by atoms with E-state index in [9.17, 15) is 5.11 Å². The Bertz CT molecular complexity index is 388. The second kappa shape index (κ2) is 6.76. The van der Waals surface area contributed by atoms with Crippen LogP contribution in [0.3, 0.4) is 0 Å². The van der Waals surface area contributed by atoms with Gasteiger partial charge in [-0.05, 0) is 19.9 Å². The van der Waals surface area contributed by atoms with Gasteiger partial charge in [-0.25, -0.2) is 0 Å². The summed E-state index contributed by atoms with van der Waals surface area (Å²) in [6, 6.07) is 5.45. The van der Waals surface area contributed by atoms with Crippen LogP contribution in [0.4, 0.5) is 0 Å². The lowest BCUT2D eigenvalue weighted by atomic mass is 10.2. The first-order chi connectivity index (χ1) is 7.83. The summed E-state index contributed by atoms with van der Waals surface area (Å²) in [7, 11) is 0. The van der Waals surface area contributed by atoms with Crippen LogP contribution in [0, 0.1) is 11.8 Å². The molecule has 1 N–H and O–H groups in total. The molecule has 0 aliphatic rings. The van der Waals surface area contributed by atoms with Gasteiger partial charge >= 0.3 is 0 Å². The van der Waals surface area contributed by atoms with E-state index in [-0.39, 0.29) is 6.61 Å². The third-order valence-corrected chi connectivity index (χ3v) is 2.00. The molecule has 0 saturated carbocycles. The van der Waals surface area contributed by atoms with Crippen LogP contribution in [-0.4, -0.2) is 18.3 Å². The molecule has 1 rings (SSSR count). The number of aliphatic hydroxyl groups excluding tert-OH is 1. The highest BCUT2D eigenvalue weighted by Gasteiger charge is 2.09. The SMILES string of the molecule is CC#CCOc1c(CO)cccc1OCC. The number of ether oxygens (including phenoxy) is 2. The molecule has 0 bridgehead atoms. The minimum absolute atomic E-state index is 0.0736. The van der Waals surface area contributed by atoms with Crippen molar-refractivity contribution in [3.05, 3.63) is 23.8 Å². The zero-order valence-corrected chi connectivity index (χ0v) is 9.62. The molecule has 0 fully saturated rings. The molecule has 0 radical (unpaired) electrons. The van der Waals surface area contributed by atoms with Gasteiger partial charge in [0, 0.05) is 5.56 Å². The molecule has 0 heterocycles. The topological polar surface area (TPSA) is 38.7 Å². The molecule has 0 atom stereocenters. The Labute approximate surface area is 96.0 Å². The van der Waals surface area contributed by atoms with Crippen LogP contribution in [0.5, 0.6) is 11.5 Å². The van der Waals surface area contributed by atoms with Gasteiger partial charge in [-0.1, -0.05) is 18.1 Å². The van der Waals surface area contributed by atoms with Gasteiger partial charge in [-0.15, -0.1) is 5.92 Å². The molecule has 3 nitrogen and oxygen atoms in total. The van der Waals surface area contributed by atoms with Crippen LogP contribution in [0.1, 0.15) is 19.4 Å². The maximum atomic E-state index is 9.20. The summed E-state index contributed by atoms with van der Waals surface area (Å²) in [6.07, 6.45) is 0. The Balaban J connectivity index is 2.92. The zero-order chi connectivity index (χ0) is 11.8. The lowest BCUT2D eigenvalue weighted by Gasteiger charge is -2.13. The van der Waals surface area contributed by atoms with Crippen LogP contribution >= 0.6 is 0 Å². The van der Waals surface area contributed by atoms with Gasteiger partial charge in [0.05, 0.1) is 13.2 Å². The average Bonchev–Trinajstić information content (AvgIpc) is 2.31. The molecule has 1 aromatic carbocycles. The largest absolute Gasteiger partial charge is 0.490 e. The van der Waals surface area contributed by atoms with Crippen LogP contribution in [-0.2, 0) is 6.61 Å². The normalized spacial score (nSPS) is 9.19. The van der Waals surface area contributed by atoms with Gasteiger partial charge in [-0.3, -0.25) is 0 Å². The predicted molar refractivity (Wildman–Crippen MR) is 62.5 cm³/mol. The Morgan fingerprint density at radius 2 is 2.12 bits per heavy atom. The van der Waals surface area contributed by atoms with Gasteiger partial charge in [-0.2, -0.15) is 0 Å².